The van der Waals surface area contributed by atoms with Crippen LogP contribution in [0.3, 0.4) is 0 Å². The topological polar surface area (TPSA) is 69.6 Å². The Morgan fingerprint density at radius 1 is 1.26 bits per heavy atom. The number of nitrogens with zero attached hydrogens (tertiary/aromatic N) is 1. The molecular weight excluding hydrogens is 244 g/mol. The number of carboxylic acid groups (broad SMARTS) is 1. The van der Waals surface area contributed by atoms with E-state index in [9.17, 15) is 9.59 Å². The van der Waals surface area contributed by atoms with Gasteiger partial charge in [0.2, 0.25) is 0 Å². The molecule has 0 aliphatic carbocycles. The largest absolute Gasteiger partial charge is 0.478 e. The molecule has 0 heterocycles. The maximum absolute atomic E-state index is 12.0. The minimum atomic E-state index is -0.984. The monoisotopic (exact) mass is 264 g/mol. The second-order valence-electron chi connectivity index (χ2n) is 5.04. The van der Waals surface area contributed by atoms with Gasteiger partial charge in [0.1, 0.15) is 0 Å². The Hall–Kier alpha value is -2.04. The van der Waals surface area contributed by atoms with Gasteiger partial charge in [-0.05, 0) is 44.5 Å². The Morgan fingerprint density at radius 3 is 2.21 bits per heavy atom. The number of anilines is 1. The predicted molar refractivity (Wildman–Crippen MR) is 74.6 cm³/mol. The van der Waals surface area contributed by atoms with Gasteiger partial charge in [0, 0.05) is 18.3 Å². The van der Waals surface area contributed by atoms with Crippen LogP contribution in [-0.2, 0) is 0 Å². The van der Waals surface area contributed by atoms with Crippen molar-refractivity contribution in [2.75, 3.05) is 12.4 Å². The molecule has 19 heavy (non-hydrogen) atoms. The molecule has 0 unspecified atom stereocenters. The van der Waals surface area contributed by atoms with Crippen molar-refractivity contribution in [3.63, 3.8) is 0 Å². The zero-order valence-electron chi connectivity index (χ0n) is 11.7. The van der Waals surface area contributed by atoms with Crippen molar-refractivity contribution in [3.05, 3.63) is 29.8 Å². The number of rotatable bonds is 4. The van der Waals surface area contributed by atoms with Crippen LogP contribution in [0.5, 0.6) is 0 Å². The van der Waals surface area contributed by atoms with Crippen LogP contribution < -0.4 is 5.32 Å². The average Bonchev–Trinajstić information content (AvgIpc) is 2.38. The van der Waals surface area contributed by atoms with E-state index >= 15 is 0 Å². The molecule has 1 rings (SSSR count). The highest BCUT2D eigenvalue weighted by molar-refractivity contribution is 5.91. The summed E-state index contributed by atoms with van der Waals surface area (Å²) in [7, 11) is 1.74. The maximum atomic E-state index is 12.0. The Balaban J connectivity index is 2.74. The van der Waals surface area contributed by atoms with Gasteiger partial charge in [0.25, 0.3) is 0 Å². The molecule has 1 aromatic rings. The number of nitrogens with one attached hydrogen (secondary N) is 1. The molecule has 104 valence electrons. The molecule has 1 aromatic carbocycles. The van der Waals surface area contributed by atoms with Gasteiger partial charge in [-0.25, -0.2) is 9.59 Å². The van der Waals surface area contributed by atoms with Gasteiger partial charge in [-0.2, -0.15) is 0 Å². The molecular formula is C14H20N2O3. The van der Waals surface area contributed by atoms with Crippen molar-refractivity contribution in [3.8, 4) is 0 Å². The summed E-state index contributed by atoms with van der Waals surface area (Å²) in [6, 6.07) is 5.86. The van der Waals surface area contributed by atoms with Crippen molar-refractivity contribution in [1.29, 1.82) is 0 Å². The lowest BCUT2D eigenvalue weighted by atomic mass is 10.0. The van der Waals surface area contributed by atoms with E-state index < -0.39 is 5.97 Å². The first-order valence-corrected chi connectivity index (χ1v) is 6.16. The maximum Gasteiger partial charge on any atom is 0.335 e. The fraction of sp³-hybridized carbons (Fsp3) is 0.429. The number of carbonyl (C=O) groups excluding carboxylic acids is 1. The molecule has 0 spiro atoms. The fourth-order valence-corrected chi connectivity index (χ4v) is 1.42. The number of amides is 2. The summed E-state index contributed by atoms with van der Waals surface area (Å²) >= 11 is 0. The zero-order chi connectivity index (χ0) is 14.6. The standard InChI is InChI=1S/C14H20N2O3/c1-5-14(2,3)16(4)13(19)15-11-8-6-10(7-9-11)12(17)18/h6-9H,5H2,1-4H3,(H,15,19)(H,17,18). The summed E-state index contributed by atoms with van der Waals surface area (Å²) in [6.07, 6.45) is 0.842. The summed E-state index contributed by atoms with van der Waals surface area (Å²) in [6.45, 7) is 5.99. The third kappa shape index (κ3) is 3.71. The number of hydrogen-bond acceptors (Lipinski definition) is 2. The van der Waals surface area contributed by atoms with E-state index in [1.54, 1.807) is 24.1 Å². The predicted octanol–water partition coefficient (Wildman–Crippen LogP) is 3.04. The molecule has 0 aliphatic rings. The van der Waals surface area contributed by atoms with Gasteiger partial charge >= 0.3 is 12.0 Å². The molecule has 2 N–H and O–H groups in total. The summed E-state index contributed by atoms with van der Waals surface area (Å²) < 4.78 is 0. The third-order valence-electron chi connectivity index (χ3n) is 3.46. The molecule has 2 amide bonds. The van der Waals surface area contributed by atoms with Gasteiger partial charge in [-0.15, -0.1) is 0 Å². The summed E-state index contributed by atoms with van der Waals surface area (Å²) in [5.74, 6) is -0.984. The van der Waals surface area contributed by atoms with E-state index in [-0.39, 0.29) is 17.1 Å². The molecule has 0 aliphatic heterocycles. The molecule has 0 saturated heterocycles. The number of benzene rings is 1. The summed E-state index contributed by atoms with van der Waals surface area (Å²) in [4.78, 5) is 24.4. The van der Waals surface area contributed by atoms with Crippen molar-refractivity contribution in [2.45, 2.75) is 32.7 Å². The van der Waals surface area contributed by atoms with Crippen LogP contribution in [0.2, 0.25) is 0 Å². The number of carboxylic acids is 1. The lowest BCUT2D eigenvalue weighted by Gasteiger charge is -2.34. The number of urea groups is 1. The second kappa shape index (κ2) is 5.73. The van der Waals surface area contributed by atoms with Crippen LogP contribution in [0, 0.1) is 0 Å². The molecule has 0 saturated carbocycles. The first-order valence-electron chi connectivity index (χ1n) is 6.16. The first-order chi connectivity index (χ1) is 8.77. The minimum absolute atomic E-state index is 0.195. The fourth-order valence-electron chi connectivity index (χ4n) is 1.42. The molecule has 0 fully saturated rings. The lowest BCUT2D eigenvalue weighted by Crippen LogP contribution is -2.46. The van der Waals surface area contributed by atoms with Crippen LogP contribution in [0.15, 0.2) is 24.3 Å². The molecule has 5 nitrogen and oxygen atoms in total. The average molecular weight is 264 g/mol. The van der Waals surface area contributed by atoms with E-state index in [2.05, 4.69) is 5.32 Å². The van der Waals surface area contributed by atoms with Gasteiger partial charge < -0.3 is 15.3 Å². The van der Waals surface area contributed by atoms with Crippen molar-refractivity contribution < 1.29 is 14.7 Å². The van der Waals surface area contributed by atoms with E-state index in [1.807, 2.05) is 20.8 Å². The van der Waals surface area contributed by atoms with E-state index in [0.29, 0.717) is 5.69 Å². The summed E-state index contributed by atoms with van der Waals surface area (Å²) in [5, 5.41) is 11.5. The second-order valence-corrected chi connectivity index (χ2v) is 5.04. The van der Waals surface area contributed by atoms with Gasteiger partial charge in [0.05, 0.1) is 5.56 Å². The van der Waals surface area contributed by atoms with E-state index in [1.165, 1.54) is 12.1 Å². The quantitative estimate of drug-likeness (QED) is 0.878. The molecule has 0 bridgehead atoms. The summed E-state index contributed by atoms with van der Waals surface area (Å²) in [5.41, 5.74) is 0.541. The minimum Gasteiger partial charge on any atom is -0.478 e. The normalized spacial score (nSPS) is 10.9. The smallest absolute Gasteiger partial charge is 0.335 e. The van der Waals surface area contributed by atoms with E-state index in [4.69, 9.17) is 5.11 Å². The highest BCUT2D eigenvalue weighted by atomic mass is 16.4. The van der Waals surface area contributed by atoms with Gasteiger partial charge in [0.15, 0.2) is 0 Å². The van der Waals surface area contributed by atoms with Crippen molar-refractivity contribution in [1.82, 2.24) is 4.90 Å². The molecule has 0 radical (unpaired) electrons. The highest BCUT2D eigenvalue weighted by Gasteiger charge is 2.25. The Kier molecular flexibility index (Phi) is 4.53. The van der Waals surface area contributed by atoms with Crippen molar-refractivity contribution >= 4 is 17.7 Å². The molecule has 0 atom stereocenters. The van der Waals surface area contributed by atoms with Crippen LogP contribution >= 0.6 is 0 Å². The Bertz CT molecular complexity index is 466. The highest BCUT2D eigenvalue weighted by Crippen LogP contribution is 2.18. The lowest BCUT2D eigenvalue weighted by molar-refractivity contribution is 0.0697. The zero-order valence-corrected chi connectivity index (χ0v) is 11.7. The number of carbonyl (C=O) groups is 2. The van der Waals surface area contributed by atoms with Gasteiger partial charge in [-0.1, -0.05) is 6.92 Å². The SMILES string of the molecule is CCC(C)(C)N(C)C(=O)Nc1ccc(C(=O)O)cc1. The van der Waals surface area contributed by atoms with E-state index in [0.717, 1.165) is 6.42 Å². The van der Waals surface area contributed by atoms with Gasteiger partial charge in [-0.3, -0.25) is 0 Å². The third-order valence-corrected chi connectivity index (χ3v) is 3.46. The van der Waals surface area contributed by atoms with Crippen molar-refractivity contribution in [2.24, 2.45) is 0 Å². The van der Waals surface area contributed by atoms with Crippen LogP contribution in [0.1, 0.15) is 37.6 Å². The number of hydrogen-bond donors (Lipinski definition) is 2. The Labute approximate surface area is 113 Å². The van der Waals surface area contributed by atoms with Crippen LogP contribution in [-0.4, -0.2) is 34.6 Å². The first kappa shape index (κ1) is 15.0. The number of aromatic carboxylic acids is 1. The molecule has 0 aromatic heterocycles. The Morgan fingerprint density at radius 2 is 1.79 bits per heavy atom. The molecule has 5 heteroatoms. The van der Waals surface area contributed by atoms with Crippen LogP contribution in [0.4, 0.5) is 10.5 Å². The van der Waals surface area contributed by atoms with Crippen LogP contribution in [0.25, 0.3) is 0 Å².